The van der Waals surface area contributed by atoms with E-state index in [0.717, 1.165) is 3.57 Å². The van der Waals surface area contributed by atoms with Crippen molar-refractivity contribution in [3.8, 4) is 11.8 Å². The molecule has 9 heteroatoms. The van der Waals surface area contributed by atoms with Crippen LogP contribution in [-0.2, 0) is 9.53 Å². The zero-order valence-corrected chi connectivity index (χ0v) is 19.3. The van der Waals surface area contributed by atoms with Gasteiger partial charge in [-0.3, -0.25) is 4.79 Å². The van der Waals surface area contributed by atoms with Crippen molar-refractivity contribution in [2.24, 2.45) is 0 Å². The van der Waals surface area contributed by atoms with Gasteiger partial charge in [-0.05, 0) is 46.9 Å². The number of anilines is 2. The Bertz CT molecular complexity index is 868. The highest BCUT2D eigenvalue weighted by Crippen LogP contribution is 2.31. The van der Waals surface area contributed by atoms with Gasteiger partial charge < -0.3 is 16.2 Å². The van der Waals surface area contributed by atoms with Crippen LogP contribution in [0.1, 0.15) is 18.4 Å². The van der Waals surface area contributed by atoms with Crippen molar-refractivity contribution < 1.29 is 9.53 Å². The lowest BCUT2D eigenvalue weighted by Crippen LogP contribution is -1.98. The molecule has 0 bridgehead atoms. The Morgan fingerprint density at radius 2 is 1.59 bits per heavy atom. The molecule has 0 aliphatic heterocycles. The molecule has 2 rings (SSSR count). The molecule has 0 spiro atoms. The fraction of sp³-hybridized carbons (Fsp3) is 0.167. The summed E-state index contributed by atoms with van der Waals surface area (Å²) in [6.07, 6.45) is 0.622. The van der Waals surface area contributed by atoms with E-state index in [0.29, 0.717) is 43.4 Å². The first kappa shape index (κ1) is 24.0. The van der Waals surface area contributed by atoms with Crippen LogP contribution in [0.15, 0.2) is 24.3 Å². The molecule has 4 N–H and O–H groups in total. The van der Waals surface area contributed by atoms with Gasteiger partial charge in [0.25, 0.3) is 0 Å². The van der Waals surface area contributed by atoms with Gasteiger partial charge >= 0.3 is 5.97 Å². The van der Waals surface area contributed by atoms with Crippen LogP contribution >= 0.6 is 69.0 Å². The molecule has 144 valence electrons. The van der Waals surface area contributed by atoms with Gasteiger partial charge in [-0.15, -0.1) is 0 Å². The third-order valence-corrected chi connectivity index (χ3v) is 6.18. The van der Waals surface area contributed by atoms with E-state index in [1.54, 1.807) is 24.3 Å². The minimum absolute atomic E-state index is 0.238. The Balaban J connectivity index is 0.000000309. The first-order valence-corrected chi connectivity index (χ1v) is 9.96. The highest BCUT2D eigenvalue weighted by Gasteiger charge is 2.06. The van der Waals surface area contributed by atoms with Crippen molar-refractivity contribution in [3.63, 3.8) is 0 Å². The molecule has 0 fully saturated rings. The van der Waals surface area contributed by atoms with E-state index in [-0.39, 0.29) is 12.4 Å². The number of ether oxygens (including phenoxy) is 1. The molecule has 2 aromatic rings. The second-order valence-electron chi connectivity index (χ2n) is 4.97. The van der Waals surface area contributed by atoms with Crippen molar-refractivity contribution in [1.29, 1.82) is 0 Å². The van der Waals surface area contributed by atoms with E-state index in [9.17, 15) is 4.79 Å². The van der Waals surface area contributed by atoms with E-state index < -0.39 is 0 Å². The Labute approximate surface area is 191 Å². The largest absolute Gasteiger partial charge is 0.469 e. The van der Waals surface area contributed by atoms with Crippen LogP contribution in [0, 0.1) is 15.4 Å². The van der Waals surface area contributed by atoms with Crippen molar-refractivity contribution >= 4 is 86.3 Å². The van der Waals surface area contributed by atoms with E-state index in [1.807, 2.05) is 0 Å². The summed E-state index contributed by atoms with van der Waals surface area (Å²) in [7, 11) is 1.33. The van der Waals surface area contributed by atoms with Gasteiger partial charge in [0, 0.05) is 17.8 Å². The van der Waals surface area contributed by atoms with Gasteiger partial charge in [0.05, 0.1) is 42.8 Å². The number of hydrogen-bond donors (Lipinski definition) is 2. The normalized spacial score (nSPS) is 9.56. The van der Waals surface area contributed by atoms with E-state index in [1.165, 1.54) is 7.11 Å². The standard InChI is InChI=1S/C12H11Cl2NO2.C6H4Cl2IN/c1-17-11(16)5-3-2-4-8-10(15)7-6-9(13)12(8)14;7-3-1-2-4(10)6(9)5(3)8/h6-7H,3,5,15H2,1H3;1-2H,10H2. The molecular formula is C18H15Cl4IN2O2. The highest BCUT2D eigenvalue weighted by molar-refractivity contribution is 14.1. The second-order valence-corrected chi connectivity index (χ2v) is 7.62. The summed E-state index contributed by atoms with van der Waals surface area (Å²) in [6.45, 7) is 0. The number of rotatable bonds is 2. The molecular weight excluding hydrogens is 545 g/mol. The zero-order chi connectivity index (χ0) is 20.6. The number of nitrogen functional groups attached to an aromatic ring is 2. The smallest absolute Gasteiger partial charge is 0.306 e. The molecule has 4 nitrogen and oxygen atoms in total. The number of nitrogens with two attached hydrogens (primary N) is 2. The van der Waals surface area contributed by atoms with Crippen LogP contribution in [0.2, 0.25) is 20.1 Å². The molecule has 0 unspecified atom stereocenters. The van der Waals surface area contributed by atoms with E-state index in [2.05, 4.69) is 39.2 Å². The Morgan fingerprint density at radius 1 is 1.04 bits per heavy atom. The lowest BCUT2D eigenvalue weighted by molar-refractivity contribution is -0.140. The Kier molecular flexibility index (Phi) is 10.4. The molecule has 0 aliphatic rings. The Hall–Kier alpha value is -1.04. The number of carbonyl (C=O) groups excluding carboxylic acids is 1. The molecule has 0 saturated carbocycles. The lowest BCUT2D eigenvalue weighted by atomic mass is 10.1. The van der Waals surface area contributed by atoms with Gasteiger partial charge in [0.1, 0.15) is 0 Å². The summed E-state index contributed by atoms with van der Waals surface area (Å²) in [6, 6.07) is 6.66. The monoisotopic (exact) mass is 558 g/mol. The maximum absolute atomic E-state index is 10.8. The van der Waals surface area contributed by atoms with Gasteiger partial charge in [-0.1, -0.05) is 58.2 Å². The van der Waals surface area contributed by atoms with E-state index in [4.69, 9.17) is 57.9 Å². The molecule has 27 heavy (non-hydrogen) atoms. The topological polar surface area (TPSA) is 78.3 Å². The molecule has 0 amide bonds. The Morgan fingerprint density at radius 3 is 2.15 bits per heavy atom. The molecule has 2 aromatic carbocycles. The number of methoxy groups -OCH3 is 1. The summed E-state index contributed by atoms with van der Waals surface area (Å²) in [5.74, 6) is 5.30. The molecule has 0 heterocycles. The average molecular weight is 560 g/mol. The minimum atomic E-state index is -0.301. The summed E-state index contributed by atoms with van der Waals surface area (Å²) in [5, 5.41) is 1.80. The molecule has 0 radical (unpaired) electrons. The predicted molar refractivity (Wildman–Crippen MR) is 123 cm³/mol. The summed E-state index contributed by atoms with van der Waals surface area (Å²) in [5.41, 5.74) is 12.9. The van der Waals surface area contributed by atoms with Crippen LogP contribution in [0.25, 0.3) is 0 Å². The van der Waals surface area contributed by atoms with Gasteiger partial charge in [0.15, 0.2) is 0 Å². The molecule has 0 aliphatic carbocycles. The van der Waals surface area contributed by atoms with Crippen LogP contribution in [0.3, 0.4) is 0 Å². The summed E-state index contributed by atoms with van der Waals surface area (Å²) < 4.78 is 5.30. The van der Waals surface area contributed by atoms with Gasteiger partial charge in [-0.25, -0.2) is 0 Å². The summed E-state index contributed by atoms with van der Waals surface area (Å²) in [4.78, 5) is 10.8. The maximum atomic E-state index is 10.8. The average Bonchev–Trinajstić information content (AvgIpc) is 2.66. The first-order valence-electron chi connectivity index (χ1n) is 7.37. The first-order chi connectivity index (χ1) is 12.7. The highest BCUT2D eigenvalue weighted by atomic mass is 127. The lowest BCUT2D eigenvalue weighted by Gasteiger charge is -2.02. The second kappa shape index (κ2) is 11.7. The predicted octanol–water partition coefficient (Wildman–Crippen LogP) is 6.06. The van der Waals surface area contributed by atoms with Crippen LogP contribution in [0.4, 0.5) is 11.4 Å². The van der Waals surface area contributed by atoms with Crippen molar-refractivity contribution in [2.45, 2.75) is 12.8 Å². The number of halogens is 5. The molecule has 0 atom stereocenters. The SMILES string of the molecule is COC(=O)CCC#Cc1c(N)ccc(Cl)c1Cl.Nc1ccc(Cl)c(Cl)c1I. The number of carbonyl (C=O) groups is 1. The minimum Gasteiger partial charge on any atom is -0.469 e. The quantitative estimate of drug-likeness (QED) is 0.154. The number of benzene rings is 2. The third kappa shape index (κ3) is 7.47. The number of esters is 1. The maximum Gasteiger partial charge on any atom is 0.306 e. The molecule has 0 aromatic heterocycles. The fourth-order valence-electron chi connectivity index (χ4n) is 1.65. The molecule has 0 saturated heterocycles. The van der Waals surface area contributed by atoms with Crippen molar-refractivity contribution in [1.82, 2.24) is 0 Å². The van der Waals surface area contributed by atoms with Crippen LogP contribution in [-0.4, -0.2) is 13.1 Å². The van der Waals surface area contributed by atoms with Gasteiger partial charge in [0.2, 0.25) is 0 Å². The van der Waals surface area contributed by atoms with Crippen molar-refractivity contribution in [2.75, 3.05) is 18.6 Å². The van der Waals surface area contributed by atoms with Crippen molar-refractivity contribution in [3.05, 3.63) is 53.5 Å². The van der Waals surface area contributed by atoms with Crippen LogP contribution < -0.4 is 11.5 Å². The van der Waals surface area contributed by atoms with Crippen LogP contribution in [0.5, 0.6) is 0 Å². The zero-order valence-electron chi connectivity index (χ0n) is 14.1. The third-order valence-electron chi connectivity index (χ3n) is 3.09. The van der Waals surface area contributed by atoms with Gasteiger partial charge in [-0.2, -0.15) is 0 Å². The summed E-state index contributed by atoms with van der Waals surface area (Å²) >= 11 is 25.3. The fourth-order valence-corrected chi connectivity index (χ4v) is 2.99. The van der Waals surface area contributed by atoms with E-state index >= 15 is 0 Å². The number of hydrogen-bond acceptors (Lipinski definition) is 4.